The number of amides is 1. The molecular formula is C14H17N3O4. The molecule has 2 heterocycles. The van der Waals surface area contributed by atoms with E-state index in [0.29, 0.717) is 12.3 Å². The number of aromatic nitrogens is 2. The van der Waals surface area contributed by atoms with Crippen LogP contribution in [0, 0.1) is 0 Å². The molecule has 0 fully saturated rings. The monoisotopic (exact) mass is 291 g/mol. The molecule has 0 atom stereocenters. The van der Waals surface area contributed by atoms with Crippen molar-refractivity contribution in [2.75, 3.05) is 6.54 Å². The quantitative estimate of drug-likeness (QED) is 0.870. The van der Waals surface area contributed by atoms with Crippen LogP contribution in [0.1, 0.15) is 30.2 Å². The summed E-state index contributed by atoms with van der Waals surface area (Å²) in [4.78, 5) is 24.4. The van der Waals surface area contributed by atoms with E-state index in [1.165, 1.54) is 4.90 Å². The van der Waals surface area contributed by atoms with Gasteiger partial charge in [0, 0.05) is 18.4 Å². The van der Waals surface area contributed by atoms with Crippen molar-refractivity contribution in [1.82, 2.24) is 14.7 Å². The normalized spacial score (nSPS) is 10.8. The molecule has 0 aliphatic rings. The molecule has 0 saturated heterocycles. The number of hydrogen-bond donors (Lipinski definition) is 1. The van der Waals surface area contributed by atoms with Crippen molar-refractivity contribution >= 4 is 11.9 Å². The standard InChI is InChI=1S/C14H17N3O4/c1-10(2)17(9-13(18)19)14(20)12-5-4-11(21-12)8-16-7-3-6-15-16/h3-7,10H,8-9H2,1-2H3,(H,18,19). The fraction of sp³-hybridized carbons (Fsp3) is 0.357. The van der Waals surface area contributed by atoms with Crippen LogP contribution in [0.5, 0.6) is 0 Å². The average Bonchev–Trinajstić information content (AvgIpc) is 3.07. The van der Waals surface area contributed by atoms with Gasteiger partial charge in [-0.25, -0.2) is 0 Å². The Labute approximate surface area is 121 Å². The summed E-state index contributed by atoms with van der Waals surface area (Å²) in [5.41, 5.74) is 0. The van der Waals surface area contributed by atoms with Gasteiger partial charge >= 0.3 is 5.97 Å². The number of carboxylic acids is 1. The van der Waals surface area contributed by atoms with Crippen molar-refractivity contribution in [2.24, 2.45) is 0 Å². The molecule has 0 radical (unpaired) electrons. The van der Waals surface area contributed by atoms with Gasteiger partial charge in [0.25, 0.3) is 5.91 Å². The Morgan fingerprint density at radius 1 is 1.43 bits per heavy atom. The van der Waals surface area contributed by atoms with Crippen molar-refractivity contribution in [2.45, 2.75) is 26.4 Å². The third kappa shape index (κ3) is 3.71. The highest BCUT2D eigenvalue weighted by Gasteiger charge is 2.23. The van der Waals surface area contributed by atoms with E-state index in [4.69, 9.17) is 9.52 Å². The maximum atomic E-state index is 12.3. The zero-order valence-electron chi connectivity index (χ0n) is 11.9. The highest BCUT2D eigenvalue weighted by molar-refractivity contribution is 5.93. The number of carboxylic acid groups (broad SMARTS) is 1. The number of nitrogens with zero attached hydrogens (tertiary/aromatic N) is 3. The van der Waals surface area contributed by atoms with Crippen LogP contribution in [0.4, 0.5) is 0 Å². The van der Waals surface area contributed by atoms with Gasteiger partial charge in [0.15, 0.2) is 5.76 Å². The zero-order valence-corrected chi connectivity index (χ0v) is 11.9. The molecule has 2 aromatic rings. The average molecular weight is 291 g/mol. The first-order valence-corrected chi connectivity index (χ1v) is 6.56. The van der Waals surface area contributed by atoms with Gasteiger partial charge in [-0.15, -0.1) is 0 Å². The first kappa shape index (κ1) is 14.8. The predicted octanol–water partition coefficient (Wildman–Crippen LogP) is 1.46. The summed E-state index contributed by atoms with van der Waals surface area (Å²) >= 11 is 0. The molecule has 0 aromatic carbocycles. The second kappa shape index (κ2) is 6.25. The molecule has 7 nitrogen and oxygen atoms in total. The lowest BCUT2D eigenvalue weighted by Gasteiger charge is -2.23. The van der Waals surface area contributed by atoms with Crippen LogP contribution in [0.25, 0.3) is 0 Å². The molecule has 7 heteroatoms. The van der Waals surface area contributed by atoms with Crippen molar-refractivity contribution in [3.63, 3.8) is 0 Å². The lowest BCUT2D eigenvalue weighted by Crippen LogP contribution is -2.40. The van der Waals surface area contributed by atoms with E-state index >= 15 is 0 Å². The first-order valence-electron chi connectivity index (χ1n) is 6.56. The molecule has 1 N–H and O–H groups in total. The van der Waals surface area contributed by atoms with Gasteiger partial charge in [-0.05, 0) is 32.0 Å². The molecule has 0 unspecified atom stereocenters. The summed E-state index contributed by atoms with van der Waals surface area (Å²) in [7, 11) is 0. The van der Waals surface area contributed by atoms with E-state index in [1.54, 1.807) is 49.1 Å². The van der Waals surface area contributed by atoms with Gasteiger partial charge in [-0.3, -0.25) is 14.3 Å². The zero-order chi connectivity index (χ0) is 15.4. The van der Waals surface area contributed by atoms with E-state index in [2.05, 4.69) is 5.10 Å². The lowest BCUT2D eigenvalue weighted by molar-refractivity contribution is -0.138. The maximum absolute atomic E-state index is 12.3. The van der Waals surface area contributed by atoms with Crippen LogP contribution in [-0.2, 0) is 11.3 Å². The van der Waals surface area contributed by atoms with E-state index in [9.17, 15) is 9.59 Å². The Morgan fingerprint density at radius 3 is 2.76 bits per heavy atom. The van der Waals surface area contributed by atoms with Crippen LogP contribution >= 0.6 is 0 Å². The molecular weight excluding hydrogens is 274 g/mol. The van der Waals surface area contributed by atoms with Crippen LogP contribution in [0.15, 0.2) is 35.0 Å². The second-order valence-corrected chi connectivity index (χ2v) is 4.89. The second-order valence-electron chi connectivity index (χ2n) is 4.89. The first-order chi connectivity index (χ1) is 9.97. The topological polar surface area (TPSA) is 88.6 Å². The van der Waals surface area contributed by atoms with Crippen LogP contribution in [0.2, 0.25) is 0 Å². The summed E-state index contributed by atoms with van der Waals surface area (Å²) in [6.07, 6.45) is 3.44. The number of hydrogen-bond acceptors (Lipinski definition) is 4. The Morgan fingerprint density at radius 2 is 2.19 bits per heavy atom. The van der Waals surface area contributed by atoms with Gasteiger partial charge in [-0.1, -0.05) is 0 Å². The predicted molar refractivity (Wildman–Crippen MR) is 73.8 cm³/mol. The number of furan rings is 1. The number of carbonyl (C=O) groups is 2. The number of carbonyl (C=O) groups excluding carboxylic acids is 1. The minimum Gasteiger partial charge on any atom is -0.480 e. The summed E-state index contributed by atoms with van der Waals surface area (Å²) in [5, 5.41) is 12.9. The van der Waals surface area contributed by atoms with E-state index < -0.39 is 11.9 Å². The van der Waals surface area contributed by atoms with Gasteiger partial charge in [0.05, 0.1) is 6.54 Å². The Balaban J connectivity index is 2.11. The Hall–Kier alpha value is -2.57. The third-order valence-corrected chi connectivity index (χ3v) is 2.94. The Kier molecular flexibility index (Phi) is 4.42. The van der Waals surface area contributed by atoms with Gasteiger partial charge in [0.1, 0.15) is 12.3 Å². The van der Waals surface area contributed by atoms with Crippen LogP contribution in [0.3, 0.4) is 0 Å². The highest BCUT2D eigenvalue weighted by atomic mass is 16.4. The molecule has 2 rings (SSSR count). The fourth-order valence-electron chi connectivity index (χ4n) is 1.91. The van der Waals surface area contributed by atoms with Crippen molar-refractivity contribution in [3.8, 4) is 0 Å². The van der Waals surface area contributed by atoms with Gasteiger partial charge in [0.2, 0.25) is 0 Å². The molecule has 112 valence electrons. The van der Waals surface area contributed by atoms with E-state index in [-0.39, 0.29) is 18.3 Å². The number of rotatable bonds is 6. The molecule has 0 bridgehead atoms. The minimum atomic E-state index is -1.06. The highest BCUT2D eigenvalue weighted by Crippen LogP contribution is 2.13. The van der Waals surface area contributed by atoms with Gasteiger partial charge < -0.3 is 14.4 Å². The Bertz CT molecular complexity index is 616. The fourth-order valence-corrected chi connectivity index (χ4v) is 1.91. The van der Waals surface area contributed by atoms with E-state index in [0.717, 1.165) is 0 Å². The third-order valence-electron chi connectivity index (χ3n) is 2.94. The van der Waals surface area contributed by atoms with E-state index in [1.807, 2.05) is 0 Å². The molecule has 0 spiro atoms. The number of aliphatic carboxylic acids is 1. The van der Waals surface area contributed by atoms with Crippen LogP contribution < -0.4 is 0 Å². The lowest BCUT2D eigenvalue weighted by atomic mass is 10.2. The summed E-state index contributed by atoms with van der Waals surface area (Å²) in [5.74, 6) is -0.771. The molecule has 2 aromatic heterocycles. The molecule has 1 amide bonds. The summed E-state index contributed by atoms with van der Waals surface area (Å²) < 4.78 is 7.16. The minimum absolute atomic E-state index is 0.132. The summed E-state index contributed by atoms with van der Waals surface area (Å²) in [6.45, 7) is 3.58. The smallest absolute Gasteiger partial charge is 0.323 e. The van der Waals surface area contributed by atoms with Crippen molar-refractivity contribution in [3.05, 3.63) is 42.1 Å². The van der Waals surface area contributed by atoms with Gasteiger partial charge in [-0.2, -0.15) is 5.10 Å². The molecule has 21 heavy (non-hydrogen) atoms. The molecule has 0 aliphatic heterocycles. The van der Waals surface area contributed by atoms with Crippen LogP contribution in [-0.4, -0.2) is 44.3 Å². The largest absolute Gasteiger partial charge is 0.480 e. The molecule has 0 aliphatic carbocycles. The van der Waals surface area contributed by atoms with Crippen molar-refractivity contribution < 1.29 is 19.1 Å². The summed E-state index contributed by atoms with van der Waals surface area (Å²) in [6, 6.07) is 4.81. The molecule has 0 saturated carbocycles. The van der Waals surface area contributed by atoms with Crippen molar-refractivity contribution in [1.29, 1.82) is 0 Å². The maximum Gasteiger partial charge on any atom is 0.323 e. The SMILES string of the molecule is CC(C)N(CC(=O)O)C(=O)c1ccc(Cn2cccn2)o1.